The quantitative estimate of drug-likeness (QED) is 0.524. The van der Waals surface area contributed by atoms with E-state index in [9.17, 15) is 0 Å². The van der Waals surface area contributed by atoms with E-state index in [0.29, 0.717) is 0 Å². The van der Waals surface area contributed by atoms with Crippen LogP contribution in [-0.4, -0.2) is 0 Å². The predicted molar refractivity (Wildman–Crippen MR) is 102 cm³/mol. The first-order valence-electron chi connectivity index (χ1n) is 8.51. The first-order chi connectivity index (χ1) is 10.1. The van der Waals surface area contributed by atoms with Gasteiger partial charge in [0.15, 0.2) is 0 Å². The van der Waals surface area contributed by atoms with Crippen LogP contribution in [0.2, 0.25) is 0 Å². The second-order valence-corrected chi connectivity index (χ2v) is 6.71. The van der Waals surface area contributed by atoms with Crippen LogP contribution in [0.25, 0.3) is 11.6 Å². The Morgan fingerprint density at radius 2 is 1.81 bits per heavy atom. The van der Waals surface area contributed by atoms with Crippen LogP contribution in [0.3, 0.4) is 0 Å². The Bertz CT molecular complexity index is 456. The Kier molecular flexibility index (Phi) is 10.4. The minimum atomic E-state index is 0.872. The average molecular weight is 307 g/mol. The molecule has 0 spiro atoms. The fourth-order valence-corrected chi connectivity index (χ4v) is 3.37. The van der Waals surface area contributed by atoms with Gasteiger partial charge in [0.2, 0.25) is 0 Å². The number of thiophene rings is 1. The molecule has 0 bridgehead atoms. The smallest absolute Gasteiger partial charge is 0.0308 e. The van der Waals surface area contributed by atoms with Crippen LogP contribution in [0, 0.1) is 12.8 Å². The van der Waals surface area contributed by atoms with Crippen LogP contribution in [-0.2, 0) is 0 Å². The van der Waals surface area contributed by atoms with Gasteiger partial charge in [0, 0.05) is 9.75 Å². The summed E-state index contributed by atoms with van der Waals surface area (Å²) >= 11 is 1.95. The first kappa shape index (κ1) is 20.2. The van der Waals surface area contributed by atoms with E-state index in [4.69, 9.17) is 0 Å². The van der Waals surface area contributed by atoms with Gasteiger partial charge in [-0.2, -0.15) is 0 Å². The molecule has 1 aliphatic rings. The van der Waals surface area contributed by atoms with Crippen molar-refractivity contribution >= 4 is 23.0 Å². The van der Waals surface area contributed by atoms with E-state index in [2.05, 4.69) is 45.9 Å². The molecule has 1 atom stereocenters. The van der Waals surface area contributed by atoms with Crippen molar-refractivity contribution in [3.63, 3.8) is 0 Å². The van der Waals surface area contributed by atoms with Crippen molar-refractivity contribution in [2.45, 2.75) is 74.7 Å². The van der Waals surface area contributed by atoms with Gasteiger partial charge in [0.25, 0.3) is 0 Å². The molecule has 1 heteroatoms. The lowest BCUT2D eigenvalue weighted by Gasteiger charge is -2.17. The lowest BCUT2D eigenvalue weighted by Crippen LogP contribution is -1.99. The highest BCUT2D eigenvalue weighted by Gasteiger charge is 2.14. The van der Waals surface area contributed by atoms with Crippen molar-refractivity contribution in [3.8, 4) is 0 Å². The zero-order valence-corrected chi connectivity index (χ0v) is 16.2. The number of hydrogen-bond donors (Lipinski definition) is 0. The number of hydrogen-bond acceptors (Lipinski definition) is 1. The third-order valence-corrected chi connectivity index (χ3v) is 4.53. The molecule has 1 aromatic rings. The van der Waals surface area contributed by atoms with Crippen LogP contribution in [0.4, 0.5) is 0 Å². The van der Waals surface area contributed by atoms with E-state index in [1.807, 2.05) is 39.0 Å². The summed E-state index contributed by atoms with van der Waals surface area (Å²) in [4.78, 5) is 2.93. The van der Waals surface area contributed by atoms with Crippen molar-refractivity contribution in [3.05, 3.63) is 33.0 Å². The zero-order valence-electron chi connectivity index (χ0n) is 15.3. The van der Waals surface area contributed by atoms with Gasteiger partial charge in [-0.25, -0.2) is 0 Å². The minimum Gasteiger partial charge on any atom is -0.140 e. The molecule has 1 aliphatic carbocycles. The minimum absolute atomic E-state index is 0.872. The highest BCUT2D eigenvalue weighted by atomic mass is 32.1. The topological polar surface area (TPSA) is 0 Å². The van der Waals surface area contributed by atoms with Crippen LogP contribution >= 0.6 is 11.3 Å². The maximum atomic E-state index is 2.45. The van der Waals surface area contributed by atoms with Crippen molar-refractivity contribution in [2.75, 3.05) is 0 Å². The van der Waals surface area contributed by atoms with E-state index in [0.717, 1.165) is 5.92 Å². The van der Waals surface area contributed by atoms with Gasteiger partial charge in [0.1, 0.15) is 0 Å². The summed E-state index contributed by atoms with van der Waals surface area (Å²) in [5, 5.41) is 0. The third kappa shape index (κ3) is 6.65. The largest absolute Gasteiger partial charge is 0.140 e. The molecule has 0 nitrogen and oxygen atoms in total. The molecule has 0 amide bonds. The Hall–Kier alpha value is -0.820. The van der Waals surface area contributed by atoms with Crippen molar-refractivity contribution in [2.24, 2.45) is 5.92 Å². The van der Waals surface area contributed by atoms with Crippen molar-refractivity contribution in [1.29, 1.82) is 0 Å². The standard InChI is InChI=1S/C16H22S.2C2H6/c1-11(2)9-15-10-16(17-13(15)4)14-7-5-12(3)6-8-14;2*1-2/h7,9-10,12H,5-6,8H2,1-4H3;2*1-2H3. The molecule has 0 N–H and O–H groups in total. The fraction of sp³-hybridized carbons (Fsp3) is 0.600. The molecular formula is C20H34S. The SMILES string of the molecule is CC.CC.CC(C)=Cc1cc(C2=CCC(C)CC2)sc1C. The fourth-order valence-electron chi connectivity index (χ4n) is 2.30. The molecule has 21 heavy (non-hydrogen) atoms. The number of aryl methyl sites for hydroxylation is 1. The van der Waals surface area contributed by atoms with E-state index in [1.165, 1.54) is 40.2 Å². The molecule has 1 heterocycles. The molecule has 1 aromatic heterocycles. The van der Waals surface area contributed by atoms with Gasteiger partial charge in [-0.15, -0.1) is 11.3 Å². The molecule has 0 saturated heterocycles. The Labute approximate surface area is 137 Å². The van der Waals surface area contributed by atoms with Crippen LogP contribution < -0.4 is 0 Å². The average Bonchev–Trinajstić information content (AvgIpc) is 2.84. The lowest BCUT2D eigenvalue weighted by atomic mass is 9.90. The van der Waals surface area contributed by atoms with Gasteiger partial charge >= 0.3 is 0 Å². The van der Waals surface area contributed by atoms with Crippen molar-refractivity contribution in [1.82, 2.24) is 0 Å². The van der Waals surface area contributed by atoms with E-state index in [1.54, 1.807) is 5.57 Å². The number of rotatable bonds is 2. The second-order valence-electron chi connectivity index (χ2n) is 5.45. The van der Waals surface area contributed by atoms with E-state index < -0.39 is 0 Å². The van der Waals surface area contributed by atoms with Crippen LogP contribution in [0.15, 0.2) is 17.7 Å². The van der Waals surface area contributed by atoms with Crippen LogP contribution in [0.5, 0.6) is 0 Å². The molecule has 2 rings (SSSR count). The van der Waals surface area contributed by atoms with E-state index in [-0.39, 0.29) is 0 Å². The van der Waals surface area contributed by atoms with Gasteiger partial charge in [-0.1, -0.05) is 52.3 Å². The molecule has 0 radical (unpaired) electrons. The van der Waals surface area contributed by atoms with Crippen LogP contribution in [0.1, 0.15) is 83.0 Å². The monoisotopic (exact) mass is 306 g/mol. The summed E-state index contributed by atoms with van der Waals surface area (Å²) in [6.45, 7) is 16.9. The maximum absolute atomic E-state index is 2.45. The van der Waals surface area contributed by atoms with Gasteiger partial charge in [0.05, 0.1) is 0 Å². The predicted octanol–water partition coefficient (Wildman–Crippen LogP) is 7.74. The molecule has 0 aliphatic heterocycles. The number of allylic oxidation sites excluding steroid dienone is 3. The summed E-state index contributed by atoms with van der Waals surface area (Å²) in [5.74, 6) is 0.872. The summed E-state index contributed by atoms with van der Waals surface area (Å²) in [6, 6.07) is 2.37. The second kappa shape index (κ2) is 10.8. The Morgan fingerprint density at radius 3 is 2.29 bits per heavy atom. The first-order valence-corrected chi connectivity index (χ1v) is 9.32. The van der Waals surface area contributed by atoms with Gasteiger partial charge < -0.3 is 0 Å². The molecule has 120 valence electrons. The molecular weight excluding hydrogens is 272 g/mol. The molecule has 0 saturated carbocycles. The summed E-state index contributed by atoms with van der Waals surface area (Å²) in [6.07, 6.45) is 8.60. The van der Waals surface area contributed by atoms with E-state index >= 15 is 0 Å². The maximum Gasteiger partial charge on any atom is 0.0308 e. The van der Waals surface area contributed by atoms with Gasteiger partial charge in [-0.3, -0.25) is 0 Å². The lowest BCUT2D eigenvalue weighted by molar-refractivity contribution is 0.534. The zero-order chi connectivity index (χ0) is 16.4. The Morgan fingerprint density at radius 1 is 1.19 bits per heavy atom. The Balaban J connectivity index is 0.000000921. The normalized spacial score (nSPS) is 16.8. The third-order valence-electron chi connectivity index (χ3n) is 3.39. The summed E-state index contributed by atoms with van der Waals surface area (Å²) in [5.41, 5.74) is 4.36. The molecule has 0 fully saturated rings. The summed E-state index contributed by atoms with van der Waals surface area (Å²) < 4.78 is 0. The van der Waals surface area contributed by atoms with Crippen molar-refractivity contribution < 1.29 is 0 Å². The highest BCUT2D eigenvalue weighted by molar-refractivity contribution is 7.13. The molecule has 1 unspecified atom stereocenters. The molecule has 0 aromatic carbocycles. The highest BCUT2D eigenvalue weighted by Crippen LogP contribution is 2.35. The summed E-state index contributed by atoms with van der Waals surface area (Å²) in [7, 11) is 0. The van der Waals surface area contributed by atoms with Gasteiger partial charge in [-0.05, 0) is 63.2 Å².